The van der Waals surface area contributed by atoms with Gasteiger partial charge in [0.15, 0.2) is 0 Å². The quantitative estimate of drug-likeness (QED) is 0.673. The van der Waals surface area contributed by atoms with Crippen LogP contribution in [0.5, 0.6) is 0 Å². The van der Waals surface area contributed by atoms with E-state index in [4.69, 9.17) is 11.6 Å². The standard InChI is InChI=1S/C19H16BClO2/c1-19(2)14-10-12-6-4-3-5-11(12)9-13(14)17-16(21)8-7-15(18(17)19)20(22)23/h3-10,22-23H,1-2H3. The highest BCUT2D eigenvalue weighted by Gasteiger charge is 2.40. The van der Waals surface area contributed by atoms with Gasteiger partial charge in [0, 0.05) is 16.0 Å². The summed E-state index contributed by atoms with van der Waals surface area (Å²) in [5.41, 5.74) is 4.26. The van der Waals surface area contributed by atoms with Gasteiger partial charge in [-0.1, -0.05) is 55.8 Å². The topological polar surface area (TPSA) is 40.5 Å². The van der Waals surface area contributed by atoms with Crippen LogP contribution in [0.15, 0.2) is 48.5 Å². The Labute approximate surface area is 140 Å². The fourth-order valence-electron chi connectivity index (χ4n) is 3.84. The predicted molar refractivity (Wildman–Crippen MR) is 96.3 cm³/mol. The Bertz CT molecular complexity index is 947. The van der Waals surface area contributed by atoms with Gasteiger partial charge in [-0.2, -0.15) is 0 Å². The lowest BCUT2D eigenvalue weighted by Gasteiger charge is -2.24. The minimum absolute atomic E-state index is 0.335. The van der Waals surface area contributed by atoms with E-state index in [9.17, 15) is 10.0 Å². The largest absolute Gasteiger partial charge is 0.488 e. The van der Waals surface area contributed by atoms with E-state index >= 15 is 0 Å². The summed E-state index contributed by atoms with van der Waals surface area (Å²) in [6, 6.07) is 16.0. The number of hydrogen-bond acceptors (Lipinski definition) is 2. The SMILES string of the molecule is CC1(C)c2cc3ccccc3cc2-c2c(Cl)ccc(B(O)O)c21. The minimum atomic E-state index is -1.51. The average Bonchev–Trinajstić information content (AvgIpc) is 2.74. The molecule has 0 bridgehead atoms. The van der Waals surface area contributed by atoms with Crippen LogP contribution in [0.4, 0.5) is 0 Å². The van der Waals surface area contributed by atoms with Gasteiger partial charge in [0.1, 0.15) is 0 Å². The smallest absolute Gasteiger partial charge is 0.423 e. The fourth-order valence-corrected chi connectivity index (χ4v) is 4.10. The molecule has 0 aliphatic heterocycles. The van der Waals surface area contributed by atoms with Gasteiger partial charge in [-0.15, -0.1) is 0 Å². The lowest BCUT2D eigenvalue weighted by molar-refractivity contribution is 0.424. The molecule has 3 aromatic rings. The van der Waals surface area contributed by atoms with Crippen molar-refractivity contribution in [2.24, 2.45) is 0 Å². The summed E-state index contributed by atoms with van der Waals surface area (Å²) in [5, 5.41) is 22.6. The van der Waals surface area contributed by atoms with Gasteiger partial charge in [0.25, 0.3) is 0 Å². The van der Waals surface area contributed by atoms with Crippen molar-refractivity contribution in [3.8, 4) is 11.1 Å². The predicted octanol–water partition coefficient (Wildman–Crippen LogP) is 3.48. The van der Waals surface area contributed by atoms with Gasteiger partial charge in [0.05, 0.1) is 0 Å². The Hall–Kier alpha value is -1.81. The molecular formula is C19H16BClO2. The first-order chi connectivity index (χ1) is 10.9. The van der Waals surface area contributed by atoms with E-state index in [2.05, 4.69) is 38.1 Å². The van der Waals surface area contributed by atoms with Gasteiger partial charge in [0.2, 0.25) is 0 Å². The highest BCUT2D eigenvalue weighted by molar-refractivity contribution is 6.60. The molecule has 0 saturated heterocycles. The van der Waals surface area contributed by atoms with Crippen molar-refractivity contribution in [2.45, 2.75) is 19.3 Å². The molecule has 0 heterocycles. The third kappa shape index (κ3) is 1.97. The molecule has 0 saturated carbocycles. The molecule has 1 aliphatic carbocycles. The Morgan fingerprint density at radius 3 is 2.26 bits per heavy atom. The van der Waals surface area contributed by atoms with Crippen LogP contribution in [0.1, 0.15) is 25.0 Å². The molecule has 114 valence electrons. The van der Waals surface area contributed by atoms with E-state index in [1.807, 2.05) is 12.1 Å². The molecule has 0 aromatic heterocycles. The van der Waals surface area contributed by atoms with Crippen molar-refractivity contribution in [1.29, 1.82) is 0 Å². The fraction of sp³-hybridized carbons (Fsp3) is 0.158. The number of benzene rings is 3. The van der Waals surface area contributed by atoms with E-state index in [0.29, 0.717) is 10.5 Å². The summed E-state index contributed by atoms with van der Waals surface area (Å²) in [5.74, 6) is 0. The highest BCUT2D eigenvalue weighted by atomic mass is 35.5. The lowest BCUT2D eigenvalue weighted by Crippen LogP contribution is -2.37. The molecule has 0 fully saturated rings. The summed E-state index contributed by atoms with van der Waals surface area (Å²) in [4.78, 5) is 0. The zero-order chi connectivity index (χ0) is 16.4. The molecule has 1 aliphatic rings. The maximum Gasteiger partial charge on any atom is 0.488 e. The normalized spacial score (nSPS) is 14.7. The number of hydrogen-bond donors (Lipinski definition) is 2. The second-order valence-corrected chi connectivity index (χ2v) is 7.04. The Morgan fingerprint density at radius 1 is 0.957 bits per heavy atom. The van der Waals surface area contributed by atoms with Gasteiger partial charge >= 0.3 is 7.12 Å². The highest BCUT2D eigenvalue weighted by Crippen LogP contribution is 2.51. The number of halogens is 1. The first kappa shape index (κ1) is 14.8. The Kier molecular flexibility index (Phi) is 3.11. The van der Waals surface area contributed by atoms with Crippen LogP contribution in [-0.2, 0) is 5.41 Å². The van der Waals surface area contributed by atoms with E-state index in [1.54, 1.807) is 12.1 Å². The lowest BCUT2D eigenvalue weighted by atomic mass is 9.69. The van der Waals surface area contributed by atoms with Crippen molar-refractivity contribution >= 4 is 35.0 Å². The summed E-state index contributed by atoms with van der Waals surface area (Å²) in [6.45, 7) is 4.21. The van der Waals surface area contributed by atoms with Crippen LogP contribution < -0.4 is 5.46 Å². The van der Waals surface area contributed by atoms with Crippen molar-refractivity contribution in [1.82, 2.24) is 0 Å². The first-order valence-corrected chi connectivity index (χ1v) is 8.01. The summed E-state index contributed by atoms with van der Waals surface area (Å²) < 4.78 is 0. The van der Waals surface area contributed by atoms with Crippen molar-refractivity contribution < 1.29 is 10.0 Å². The summed E-state index contributed by atoms with van der Waals surface area (Å²) >= 11 is 6.49. The van der Waals surface area contributed by atoms with Crippen LogP contribution >= 0.6 is 11.6 Å². The molecule has 0 unspecified atom stereocenters. The molecule has 4 rings (SSSR count). The Balaban J connectivity index is 2.15. The minimum Gasteiger partial charge on any atom is -0.423 e. The second kappa shape index (κ2) is 4.84. The van der Waals surface area contributed by atoms with Gasteiger partial charge in [-0.3, -0.25) is 0 Å². The first-order valence-electron chi connectivity index (χ1n) is 7.64. The van der Waals surface area contributed by atoms with Crippen LogP contribution in [0.3, 0.4) is 0 Å². The summed E-state index contributed by atoms with van der Waals surface area (Å²) in [7, 11) is -1.51. The zero-order valence-corrected chi connectivity index (χ0v) is 13.7. The van der Waals surface area contributed by atoms with E-state index in [-0.39, 0.29) is 5.41 Å². The zero-order valence-electron chi connectivity index (χ0n) is 13.0. The third-order valence-electron chi connectivity index (χ3n) is 4.92. The van der Waals surface area contributed by atoms with Gasteiger partial charge in [-0.05, 0) is 51.1 Å². The van der Waals surface area contributed by atoms with Gasteiger partial charge in [-0.25, -0.2) is 0 Å². The molecule has 2 nitrogen and oxygen atoms in total. The molecule has 0 spiro atoms. The monoisotopic (exact) mass is 322 g/mol. The molecule has 4 heteroatoms. The van der Waals surface area contributed by atoms with Crippen molar-refractivity contribution in [3.63, 3.8) is 0 Å². The average molecular weight is 323 g/mol. The molecule has 3 aromatic carbocycles. The van der Waals surface area contributed by atoms with Crippen LogP contribution in [0, 0.1) is 0 Å². The van der Waals surface area contributed by atoms with Crippen LogP contribution in [-0.4, -0.2) is 17.2 Å². The van der Waals surface area contributed by atoms with Gasteiger partial charge < -0.3 is 10.0 Å². The molecule has 2 N–H and O–H groups in total. The maximum absolute atomic E-state index is 9.79. The van der Waals surface area contributed by atoms with Crippen molar-refractivity contribution in [2.75, 3.05) is 0 Å². The van der Waals surface area contributed by atoms with Crippen LogP contribution in [0.2, 0.25) is 5.02 Å². The Morgan fingerprint density at radius 2 is 1.61 bits per heavy atom. The second-order valence-electron chi connectivity index (χ2n) is 6.63. The molecule has 23 heavy (non-hydrogen) atoms. The maximum atomic E-state index is 9.79. The van der Waals surface area contributed by atoms with E-state index in [1.165, 1.54) is 10.9 Å². The number of fused-ring (bicyclic) bond motifs is 4. The van der Waals surface area contributed by atoms with Crippen LogP contribution in [0.25, 0.3) is 21.9 Å². The molecule has 0 radical (unpaired) electrons. The number of rotatable bonds is 1. The van der Waals surface area contributed by atoms with E-state index < -0.39 is 7.12 Å². The molecular weight excluding hydrogens is 306 g/mol. The summed E-state index contributed by atoms with van der Waals surface area (Å²) in [6.07, 6.45) is 0. The van der Waals surface area contributed by atoms with Crippen molar-refractivity contribution in [3.05, 3.63) is 64.7 Å². The van der Waals surface area contributed by atoms with E-state index in [0.717, 1.165) is 22.1 Å². The molecule has 0 atom stereocenters. The third-order valence-corrected chi connectivity index (χ3v) is 5.23. The molecule has 0 amide bonds.